The smallest absolute Gasteiger partial charge is 0.410 e. The van der Waals surface area contributed by atoms with Gasteiger partial charge in [0.25, 0.3) is 5.91 Å². The summed E-state index contributed by atoms with van der Waals surface area (Å²) in [6.45, 7) is 6.72. The van der Waals surface area contributed by atoms with E-state index in [0.717, 1.165) is 9.08 Å². The number of nitrogens with zero attached hydrogens (tertiary/aromatic N) is 1. The average Bonchev–Trinajstić information content (AvgIpc) is 2.78. The van der Waals surface area contributed by atoms with Gasteiger partial charge in [0.05, 0.1) is 9.08 Å². The molecule has 23 heavy (non-hydrogen) atoms. The minimum absolute atomic E-state index is 0.0574. The third-order valence-corrected chi connectivity index (χ3v) is 5.23. The molecule has 1 aliphatic rings. The maximum absolute atomic E-state index is 12.2. The molecule has 1 aromatic rings. The van der Waals surface area contributed by atoms with Gasteiger partial charge in [0.15, 0.2) is 0 Å². The lowest BCUT2D eigenvalue weighted by atomic mass is 10.1. The lowest BCUT2D eigenvalue weighted by Crippen LogP contribution is -2.47. The van der Waals surface area contributed by atoms with E-state index in [1.807, 2.05) is 20.8 Å². The molecule has 0 bridgehead atoms. The van der Waals surface area contributed by atoms with Crippen LogP contribution >= 0.6 is 31.9 Å². The fraction of sp³-hybridized carbons (Fsp3) is 0.600. The van der Waals surface area contributed by atoms with Crippen LogP contribution in [0.2, 0.25) is 0 Å². The molecular formula is C15H21Br2N3O3. The third-order valence-electron chi connectivity index (χ3n) is 3.45. The predicted octanol–water partition coefficient (Wildman–Crippen LogP) is 3.67. The number of piperidine rings is 1. The van der Waals surface area contributed by atoms with Crippen LogP contribution in [0.25, 0.3) is 0 Å². The number of carbonyl (C=O) groups is 2. The summed E-state index contributed by atoms with van der Waals surface area (Å²) < 4.78 is 6.91. The first-order chi connectivity index (χ1) is 10.7. The molecule has 0 radical (unpaired) electrons. The number of hydrogen-bond acceptors (Lipinski definition) is 3. The topological polar surface area (TPSA) is 74.4 Å². The first kappa shape index (κ1) is 18.3. The molecule has 0 spiro atoms. The minimum atomic E-state index is -0.490. The van der Waals surface area contributed by atoms with Crippen molar-refractivity contribution in [2.45, 2.75) is 45.3 Å². The van der Waals surface area contributed by atoms with Crippen molar-refractivity contribution in [2.24, 2.45) is 0 Å². The zero-order valence-electron chi connectivity index (χ0n) is 13.4. The van der Waals surface area contributed by atoms with Gasteiger partial charge in [-0.25, -0.2) is 4.79 Å². The van der Waals surface area contributed by atoms with Gasteiger partial charge in [-0.05, 0) is 71.5 Å². The molecule has 0 aliphatic carbocycles. The van der Waals surface area contributed by atoms with Gasteiger partial charge in [-0.2, -0.15) is 0 Å². The molecular weight excluding hydrogens is 430 g/mol. The van der Waals surface area contributed by atoms with Crippen LogP contribution in [0.5, 0.6) is 0 Å². The molecule has 0 aromatic carbocycles. The highest BCUT2D eigenvalue weighted by Crippen LogP contribution is 2.23. The SMILES string of the molecule is CC(C)(C)OC(=O)N1CCC(NC(=O)c2cc(Br)c(Br)[nH]2)CC1. The van der Waals surface area contributed by atoms with Gasteiger partial charge in [-0.3, -0.25) is 4.79 Å². The lowest BCUT2D eigenvalue weighted by molar-refractivity contribution is 0.0199. The number of likely N-dealkylation sites (tertiary alicyclic amines) is 1. The van der Waals surface area contributed by atoms with Crippen molar-refractivity contribution in [3.63, 3.8) is 0 Å². The van der Waals surface area contributed by atoms with Crippen LogP contribution in [-0.2, 0) is 4.74 Å². The normalized spacial score (nSPS) is 16.3. The third kappa shape index (κ3) is 5.24. The minimum Gasteiger partial charge on any atom is -0.444 e. The summed E-state index contributed by atoms with van der Waals surface area (Å²) in [5.74, 6) is -0.146. The van der Waals surface area contributed by atoms with Crippen LogP contribution in [0.4, 0.5) is 4.79 Å². The first-order valence-electron chi connectivity index (χ1n) is 7.48. The number of carbonyl (C=O) groups excluding carboxylic acids is 2. The Balaban J connectivity index is 1.83. The van der Waals surface area contributed by atoms with Crippen molar-refractivity contribution < 1.29 is 14.3 Å². The number of aromatic nitrogens is 1. The second-order valence-electron chi connectivity index (χ2n) is 6.56. The van der Waals surface area contributed by atoms with Crippen molar-refractivity contribution in [3.8, 4) is 0 Å². The second-order valence-corrected chi connectivity index (χ2v) is 8.21. The van der Waals surface area contributed by atoms with Crippen LogP contribution in [-0.4, -0.2) is 46.6 Å². The molecule has 2 N–H and O–H groups in total. The molecule has 8 heteroatoms. The molecule has 6 nitrogen and oxygen atoms in total. The van der Waals surface area contributed by atoms with Gasteiger partial charge in [0, 0.05) is 19.1 Å². The average molecular weight is 451 g/mol. The number of hydrogen-bond donors (Lipinski definition) is 2. The number of aromatic amines is 1. The van der Waals surface area contributed by atoms with Crippen molar-refractivity contribution >= 4 is 43.9 Å². The Bertz CT molecular complexity index is 568. The molecule has 2 rings (SSSR count). The number of ether oxygens (including phenoxy) is 1. The molecule has 0 unspecified atom stereocenters. The highest BCUT2D eigenvalue weighted by Gasteiger charge is 2.27. The number of nitrogens with one attached hydrogen (secondary N) is 2. The van der Waals surface area contributed by atoms with Gasteiger partial charge in [-0.15, -0.1) is 0 Å². The Morgan fingerprint density at radius 3 is 2.39 bits per heavy atom. The molecule has 128 valence electrons. The van der Waals surface area contributed by atoms with Crippen LogP contribution < -0.4 is 5.32 Å². The van der Waals surface area contributed by atoms with E-state index in [9.17, 15) is 9.59 Å². The molecule has 2 heterocycles. The largest absolute Gasteiger partial charge is 0.444 e. The summed E-state index contributed by atoms with van der Waals surface area (Å²) in [6.07, 6.45) is 1.14. The van der Waals surface area contributed by atoms with E-state index < -0.39 is 5.60 Å². The van der Waals surface area contributed by atoms with Gasteiger partial charge < -0.3 is 19.9 Å². The summed E-state index contributed by atoms with van der Waals surface area (Å²) in [6, 6.07) is 1.79. The second kappa shape index (κ2) is 7.25. The zero-order valence-corrected chi connectivity index (χ0v) is 16.6. The van der Waals surface area contributed by atoms with E-state index in [0.29, 0.717) is 31.6 Å². The highest BCUT2D eigenvalue weighted by atomic mass is 79.9. The molecule has 0 atom stereocenters. The zero-order chi connectivity index (χ0) is 17.2. The first-order valence-corrected chi connectivity index (χ1v) is 9.07. The monoisotopic (exact) mass is 449 g/mol. The maximum Gasteiger partial charge on any atom is 0.410 e. The van der Waals surface area contributed by atoms with E-state index in [-0.39, 0.29) is 18.0 Å². The van der Waals surface area contributed by atoms with Crippen molar-refractivity contribution in [3.05, 3.63) is 20.8 Å². The van der Waals surface area contributed by atoms with E-state index in [2.05, 4.69) is 42.2 Å². The number of H-pyrrole nitrogens is 1. The molecule has 1 aromatic heterocycles. The molecule has 1 saturated heterocycles. The fourth-order valence-electron chi connectivity index (χ4n) is 2.32. The van der Waals surface area contributed by atoms with Crippen LogP contribution in [0.15, 0.2) is 15.1 Å². The maximum atomic E-state index is 12.2. The summed E-state index contributed by atoms with van der Waals surface area (Å²) in [7, 11) is 0. The van der Waals surface area contributed by atoms with Gasteiger partial charge in [0.1, 0.15) is 11.3 Å². The summed E-state index contributed by atoms with van der Waals surface area (Å²) >= 11 is 6.66. The van der Waals surface area contributed by atoms with E-state index in [1.165, 1.54) is 0 Å². The predicted molar refractivity (Wildman–Crippen MR) is 94.5 cm³/mol. The van der Waals surface area contributed by atoms with E-state index in [4.69, 9.17) is 4.74 Å². The van der Waals surface area contributed by atoms with Crippen molar-refractivity contribution in [2.75, 3.05) is 13.1 Å². The molecule has 0 saturated carbocycles. The van der Waals surface area contributed by atoms with E-state index in [1.54, 1.807) is 11.0 Å². The fourth-order valence-corrected chi connectivity index (χ4v) is 2.98. The molecule has 1 aliphatic heterocycles. The molecule has 1 fully saturated rings. The van der Waals surface area contributed by atoms with E-state index >= 15 is 0 Å². The standard InChI is InChI=1S/C15H21Br2N3O3/c1-15(2,3)23-14(22)20-6-4-9(5-7-20)18-13(21)11-8-10(16)12(17)19-11/h8-9,19H,4-7H2,1-3H3,(H,18,21). The Hall–Kier alpha value is -1.02. The van der Waals surface area contributed by atoms with Crippen LogP contribution in [0.3, 0.4) is 0 Å². The summed E-state index contributed by atoms with van der Waals surface area (Å²) in [4.78, 5) is 28.8. The Morgan fingerprint density at radius 2 is 1.91 bits per heavy atom. The van der Waals surface area contributed by atoms with Gasteiger partial charge in [0.2, 0.25) is 0 Å². The Labute approximate surface area is 152 Å². The number of rotatable bonds is 2. The van der Waals surface area contributed by atoms with Gasteiger partial charge >= 0.3 is 6.09 Å². The van der Waals surface area contributed by atoms with Gasteiger partial charge in [-0.1, -0.05) is 0 Å². The lowest BCUT2D eigenvalue weighted by Gasteiger charge is -2.33. The quantitative estimate of drug-likeness (QED) is 0.721. The Morgan fingerprint density at radius 1 is 1.30 bits per heavy atom. The highest BCUT2D eigenvalue weighted by molar-refractivity contribution is 9.13. The van der Waals surface area contributed by atoms with Crippen molar-refractivity contribution in [1.82, 2.24) is 15.2 Å². The number of amides is 2. The summed E-state index contributed by atoms with van der Waals surface area (Å²) in [5, 5.41) is 2.99. The summed E-state index contributed by atoms with van der Waals surface area (Å²) in [5.41, 5.74) is 0.00890. The molecule has 2 amide bonds. The van der Waals surface area contributed by atoms with Crippen molar-refractivity contribution in [1.29, 1.82) is 0 Å². The van der Waals surface area contributed by atoms with Crippen LogP contribution in [0.1, 0.15) is 44.1 Å². The number of halogens is 2. The van der Waals surface area contributed by atoms with Crippen LogP contribution in [0, 0.1) is 0 Å². The Kier molecular flexibility index (Phi) is 5.78.